The molecule has 0 atom stereocenters. The van der Waals surface area contributed by atoms with Gasteiger partial charge >= 0.3 is 5.97 Å². The largest absolute Gasteiger partial charge is 0.466 e. The minimum Gasteiger partial charge on any atom is -0.466 e. The average Bonchev–Trinajstić information content (AvgIpc) is 3.40. The summed E-state index contributed by atoms with van der Waals surface area (Å²) >= 11 is 0. The van der Waals surface area contributed by atoms with Gasteiger partial charge < -0.3 is 26.4 Å². The van der Waals surface area contributed by atoms with Crippen molar-refractivity contribution >= 4 is 11.9 Å². The highest BCUT2D eigenvalue weighted by molar-refractivity contribution is 5.75. The van der Waals surface area contributed by atoms with Crippen LogP contribution >= 0.6 is 0 Å². The van der Waals surface area contributed by atoms with E-state index in [-0.39, 0.29) is 11.9 Å². The summed E-state index contributed by atoms with van der Waals surface area (Å²) in [6.07, 6.45) is 77.1. The second kappa shape index (κ2) is 67.9. The molecule has 0 heterocycles. The summed E-state index contributed by atoms with van der Waals surface area (Å²) in [6.45, 7) is 8.21. The molecule has 1 amide bonds. The molecule has 74 heavy (non-hydrogen) atoms. The first kappa shape index (κ1) is 72.8. The Morgan fingerprint density at radius 3 is 0.865 bits per heavy atom. The molecule has 5 N–H and O–H groups in total. The van der Waals surface area contributed by atoms with Crippen LogP contribution in [0.2, 0.25) is 0 Å². The minimum atomic E-state index is -0.0270. The molecule has 0 aliphatic carbocycles. The lowest BCUT2D eigenvalue weighted by atomic mass is 10.0. The number of nitrogens with two attached hydrogens (primary N) is 1. The minimum absolute atomic E-state index is 0.0270. The second-order valence-electron chi connectivity index (χ2n) is 23.5. The van der Waals surface area contributed by atoms with Crippen molar-refractivity contribution in [2.45, 2.75) is 373 Å². The number of ether oxygens (including phenoxy) is 1. The predicted octanol–water partition coefficient (Wildman–Crippen LogP) is 20.0. The molecule has 0 radical (unpaired) electrons. The van der Waals surface area contributed by atoms with Crippen LogP contribution in [-0.4, -0.2) is 57.8 Å². The Morgan fingerprint density at radius 2 is 0.541 bits per heavy atom. The van der Waals surface area contributed by atoms with Crippen LogP contribution in [0.25, 0.3) is 0 Å². The van der Waals surface area contributed by atoms with E-state index >= 15 is 0 Å². The maximum Gasteiger partial charge on any atom is 0.305 e. The van der Waals surface area contributed by atoms with E-state index in [1.807, 2.05) is 0 Å². The standard InChI is InChI=1S/C67H136N4O3/c1-2-3-4-5-6-7-8-9-10-11-12-13-14-15-16-17-18-19-20-21-22-23-24-25-26-27-28-29-30-31-32-33-34-35-36-37-38-39-40-41-42-43-44-47-50-56-65-74-67(73)58-53-49-46-45-48-52-57-66(72)71-61-55-51-54-60-69-63-64-70-62-59-68/h69-70H,2-65,68H2,1H3,(H,71,72). The van der Waals surface area contributed by atoms with Gasteiger partial charge in [-0.2, -0.15) is 0 Å². The van der Waals surface area contributed by atoms with E-state index in [1.54, 1.807) is 0 Å². The van der Waals surface area contributed by atoms with Gasteiger partial charge in [-0.3, -0.25) is 9.59 Å². The monoisotopic (exact) mass is 1050 g/mol. The van der Waals surface area contributed by atoms with Gasteiger partial charge in [-0.05, 0) is 38.6 Å². The third-order valence-electron chi connectivity index (χ3n) is 15.9. The Morgan fingerprint density at radius 1 is 0.284 bits per heavy atom. The van der Waals surface area contributed by atoms with E-state index in [1.165, 1.54) is 289 Å². The summed E-state index contributed by atoms with van der Waals surface area (Å²) < 4.78 is 5.48. The molecular formula is C67H136N4O3. The van der Waals surface area contributed by atoms with Crippen molar-refractivity contribution in [2.75, 3.05) is 45.9 Å². The van der Waals surface area contributed by atoms with Crippen LogP contribution < -0.4 is 21.7 Å². The van der Waals surface area contributed by atoms with E-state index in [9.17, 15) is 9.59 Å². The van der Waals surface area contributed by atoms with Gasteiger partial charge in [0.05, 0.1) is 6.61 Å². The molecule has 7 heteroatoms. The number of hydrogen-bond donors (Lipinski definition) is 4. The fraction of sp³-hybridized carbons (Fsp3) is 0.970. The molecule has 0 unspecified atom stereocenters. The van der Waals surface area contributed by atoms with E-state index in [0.29, 0.717) is 26.0 Å². The topological polar surface area (TPSA) is 105 Å². The van der Waals surface area contributed by atoms with Gasteiger partial charge in [-0.15, -0.1) is 0 Å². The second-order valence-corrected chi connectivity index (χ2v) is 23.5. The fourth-order valence-corrected chi connectivity index (χ4v) is 10.9. The average molecular weight is 1050 g/mol. The Labute approximate surface area is 464 Å². The summed E-state index contributed by atoms with van der Waals surface area (Å²) in [7, 11) is 0. The van der Waals surface area contributed by atoms with Gasteiger partial charge in [0.25, 0.3) is 0 Å². The van der Waals surface area contributed by atoms with Gasteiger partial charge in [0.15, 0.2) is 0 Å². The lowest BCUT2D eigenvalue weighted by Crippen LogP contribution is -2.31. The molecule has 442 valence electrons. The molecule has 0 aromatic carbocycles. The zero-order chi connectivity index (χ0) is 53.2. The maximum absolute atomic E-state index is 12.1. The van der Waals surface area contributed by atoms with Crippen LogP contribution in [0.3, 0.4) is 0 Å². The molecule has 0 bridgehead atoms. The van der Waals surface area contributed by atoms with Crippen LogP contribution in [0, 0.1) is 0 Å². The lowest BCUT2D eigenvalue weighted by molar-refractivity contribution is -0.143. The quantitative estimate of drug-likeness (QED) is 0.0357. The molecule has 0 saturated carbocycles. The third-order valence-corrected chi connectivity index (χ3v) is 15.9. The van der Waals surface area contributed by atoms with Crippen LogP contribution in [-0.2, 0) is 14.3 Å². The molecule has 0 aromatic rings. The number of carbonyl (C=O) groups is 2. The fourth-order valence-electron chi connectivity index (χ4n) is 10.9. The summed E-state index contributed by atoms with van der Waals surface area (Å²) in [6, 6.07) is 0. The highest BCUT2D eigenvalue weighted by atomic mass is 16.5. The smallest absolute Gasteiger partial charge is 0.305 e. The zero-order valence-corrected chi connectivity index (χ0v) is 50.6. The first-order valence-corrected chi connectivity index (χ1v) is 34.2. The van der Waals surface area contributed by atoms with Crippen molar-refractivity contribution in [1.82, 2.24) is 16.0 Å². The molecule has 0 fully saturated rings. The zero-order valence-electron chi connectivity index (χ0n) is 50.6. The van der Waals surface area contributed by atoms with E-state index in [0.717, 1.165) is 96.9 Å². The van der Waals surface area contributed by atoms with Gasteiger partial charge in [0.2, 0.25) is 5.91 Å². The number of amides is 1. The Balaban J connectivity index is 3.16. The Kier molecular flexibility index (Phi) is 66.8. The number of hydrogen-bond acceptors (Lipinski definition) is 6. The molecule has 0 rings (SSSR count). The van der Waals surface area contributed by atoms with Crippen molar-refractivity contribution in [1.29, 1.82) is 0 Å². The first-order valence-electron chi connectivity index (χ1n) is 34.2. The van der Waals surface area contributed by atoms with Gasteiger partial charge in [-0.1, -0.05) is 328 Å². The molecule has 0 saturated heterocycles. The van der Waals surface area contributed by atoms with Crippen molar-refractivity contribution in [3.8, 4) is 0 Å². The van der Waals surface area contributed by atoms with Crippen LogP contribution in [0.4, 0.5) is 0 Å². The molecule has 0 aliphatic heterocycles. The Bertz CT molecular complexity index is 1040. The van der Waals surface area contributed by atoms with Gasteiger partial charge in [0.1, 0.15) is 0 Å². The van der Waals surface area contributed by atoms with Crippen molar-refractivity contribution in [3.05, 3.63) is 0 Å². The van der Waals surface area contributed by atoms with E-state index in [2.05, 4.69) is 22.9 Å². The van der Waals surface area contributed by atoms with Gasteiger partial charge in [0, 0.05) is 45.6 Å². The molecule has 0 aromatic heterocycles. The number of nitrogens with one attached hydrogen (secondary N) is 3. The molecule has 0 aliphatic rings. The maximum atomic E-state index is 12.1. The molecule has 0 spiro atoms. The SMILES string of the molecule is CCCCCCCCCCCCCCCCCCCCCCCCCCCCCCCCCCCCCCCCCCCCCCCCOC(=O)CCCCCCCCC(=O)NCCCCCNCCNCCN. The summed E-state index contributed by atoms with van der Waals surface area (Å²) in [5, 5.41) is 9.77. The third kappa shape index (κ3) is 66.9. The number of unbranched alkanes of at least 4 members (excludes halogenated alkanes) is 52. The highest BCUT2D eigenvalue weighted by Gasteiger charge is 2.05. The van der Waals surface area contributed by atoms with Crippen molar-refractivity contribution < 1.29 is 14.3 Å². The van der Waals surface area contributed by atoms with Crippen LogP contribution in [0.1, 0.15) is 373 Å². The molecule has 7 nitrogen and oxygen atoms in total. The van der Waals surface area contributed by atoms with E-state index in [4.69, 9.17) is 10.5 Å². The van der Waals surface area contributed by atoms with Crippen molar-refractivity contribution in [2.24, 2.45) is 5.73 Å². The summed E-state index contributed by atoms with van der Waals surface area (Å²) in [4.78, 5) is 24.2. The van der Waals surface area contributed by atoms with Crippen LogP contribution in [0.15, 0.2) is 0 Å². The number of esters is 1. The summed E-state index contributed by atoms with van der Waals surface area (Å²) in [5.41, 5.74) is 5.47. The molecular weight excluding hydrogens is 909 g/mol. The Hall–Kier alpha value is -1.18. The normalized spacial score (nSPS) is 11.5. The first-order chi connectivity index (χ1) is 36.7. The predicted molar refractivity (Wildman–Crippen MR) is 328 cm³/mol. The van der Waals surface area contributed by atoms with E-state index < -0.39 is 0 Å². The van der Waals surface area contributed by atoms with Crippen molar-refractivity contribution in [3.63, 3.8) is 0 Å². The van der Waals surface area contributed by atoms with Crippen LogP contribution in [0.5, 0.6) is 0 Å². The summed E-state index contributed by atoms with van der Waals surface area (Å²) in [5.74, 6) is 0.158. The number of carbonyl (C=O) groups excluding carboxylic acids is 2. The highest BCUT2D eigenvalue weighted by Crippen LogP contribution is 2.19. The number of rotatable bonds is 67. The van der Waals surface area contributed by atoms with Gasteiger partial charge in [-0.25, -0.2) is 0 Å². The lowest BCUT2D eigenvalue weighted by Gasteiger charge is -2.07.